The number of methoxy groups -OCH3 is 1. The third-order valence-corrected chi connectivity index (χ3v) is 3.42. The summed E-state index contributed by atoms with van der Waals surface area (Å²) in [6, 6.07) is 7.48. The molecule has 1 N–H and O–H groups in total. The molecule has 0 radical (unpaired) electrons. The predicted octanol–water partition coefficient (Wildman–Crippen LogP) is 0.961. The van der Waals surface area contributed by atoms with Gasteiger partial charge in [0.15, 0.2) is 6.79 Å². The molecule has 0 unspecified atom stereocenters. The summed E-state index contributed by atoms with van der Waals surface area (Å²) in [5, 5.41) is 1.95. The van der Waals surface area contributed by atoms with Crippen LogP contribution < -0.4 is 10.2 Å². The van der Waals surface area contributed by atoms with Crippen LogP contribution in [0.15, 0.2) is 30.3 Å². The van der Waals surface area contributed by atoms with Gasteiger partial charge in [-0.1, -0.05) is 12.1 Å². The Morgan fingerprint density at radius 1 is 1.23 bits per heavy atom. The molecule has 1 aromatic rings. The van der Waals surface area contributed by atoms with E-state index in [9.17, 15) is 4.79 Å². The van der Waals surface area contributed by atoms with Crippen molar-refractivity contribution in [3.8, 4) is 5.75 Å². The molecule has 0 saturated carbocycles. The lowest BCUT2D eigenvalue weighted by Crippen LogP contribution is -2.52. The Bertz CT molecular complexity index is 494. The molecule has 6 heteroatoms. The largest absolute Gasteiger partial charge is 0.468 e. The van der Waals surface area contributed by atoms with Gasteiger partial charge in [0.2, 0.25) is 0 Å². The lowest BCUT2D eigenvalue weighted by atomic mass is 10.2. The van der Waals surface area contributed by atoms with Crippen LogP contribution in [0.1, 0.15) is 5.56 Å². The van der Waals surface area contributed by atoms with E-state index in [0.29, 0.717) is 0 Å². The Kier molecular flexibility index (Phi) is 6.39. The Morgan fingerprint density at radius 2 is 1.91 bits per heavy atom. The number of hydrogen-bond donors (Lipinski definition) is 1. The number of nitrogens with zero attached hydrogens (tertiary/aromatic N) is 2. The van der Waals surface area contributed by atoms with Crippen LogP contribution >= 0.6 is 0 Å². The minimum Gasteiger partial charge on any atom is -0.468 e. The van der Waals surface area contributed by atoms with E-state index in [1.165, 1.54) is 0 Å². The van der Waals surface area contributed by atoms with Crippen molar-refractivity contribution in [1.29, 1.82) is 0 Å². The van der Waals surface area contributed by atoms with E-state index in [4.69, 9.17) is 9.47 Å². The molecule has 0 aromatic heterocycles. The normalized spacial score (nSPS) is 16.8. The number of rotatable bonds is 6. The molecule has 1 heterocycles. The number of ether oxygens (including phenoxy) is 2. The first-order valence-corrected chi connectivity index (χ1v) is 7.31. The van der Waals surface area contributed by atoms with Crippen LogP contribution in [0.5, 0.6) is 5.75 Å². The summed E-state index contributed by atoms with van der Waals surface area (Å²) in [5.41, 5.74) is 3.83. The smallest absolute Gasteiger partial charge is 0.258 e. The molecule has 1 aliphatic rings. The van der Waals surface area contributed by atoms with Gasteiger partial charge in [0, 0.05) is 39.4 Å². The maximum absolute atomic E-state index is 11.9. The lowest BCUT2D eigenvalue weighted by molar-refractivity contribution is -0.121. The van der Waals surface area contributed by atoms with Crippen molar-refractivity contribution in [3.63, 3.8) is 0 Å². The Labute approximate surface area is 131 Å². The fraction of sp³-hybridized carbons (Fsp3) is 0.438. The van der Waals surface area contributed by atoms with Crippen molar-refractivity contribution >= 4 is 12.0 Å². The maximum atomic E-state index is 11.9. The third kappa shape index (κ3) is 5.48. The Morgan fingerprint density at radius 3 is 2.55 bits per heavy atom. The molecule has 0 bridgehead atoms. The highest BCUT2D eigenvalue weighted by atomic mass is 16.7. The zero-order valence-corrected chi connectivity index (χ0v) is 13.1. The van der Waals surface area contributed by atoms with E-state index in [1.807, 2.05) is 29.3 Å². The second-order valence-corrected chi connectivity index (χ2v) is 5.22. The Hall–Kier alpha value is -1.89. The first kappa shape index (κ1) is 16.5. The molecule has 0 atom stereocenters. The summed E-state index contributed by atoms with van der Waals surface area (Å²) in [4.78, 5) is 14.1. The molecule has 1 fully saturated rings. The van der Waals surface area contributed by atoms with E-state index in [2.05, 4.69) is 17.4 Å². The number of hydrazine groups is 1. The van der Waals surface area contributed by atoms with Crippen molar-refractivity contribution in [1.82, 2.24) is 15.3 Å². The monoisotopic (exact) mass is 305 g/mol. The fourth-order valence-corrected chi connectivity index (χ4v) is 2.09. The van der Waals surface area contributed by atoms with Crippen LogP contribution in [-0.4, -0.2) is 62.9 Å². The molecule has 2 rings (SSSR count). The van der Waals surface area contributed by atoms with Crippen molar-refractivity contribution in [3.05, 3.63) is 35.9 Å². The Balaban J connectivity index is 1.79. The molecule has 1 amide bonds. The van der Waals surface area contributed by atoms with Crippen LogP contribution in [0.3, 0.4) is 0 Å². The highest BCUT2D eigenvalue weighted by Gasteiger charge is 2.14. The van der Waals surface area contributed by atoms with Gasteiger partial charge >= 0.3 is 0 Å². The molecule has 1 aliphatic heterocycles. The zero-order chi connectivity index (χ0) is 15.8. The van der Waals surface area contributed by atoms with E-state index in [-0.39, 0.29) is 12.7 Å². The number of hydrogen-bond acceptors (Lipinski definition) is 5. The summed E-state index contributed by atoms with van der Waals surface area (Å²) in [7, 11) is 3.66. The molecule has 1 saturated heterocycles. The quantitative estimate of drug-likeness (QED) is 0.627. The average molecular weight is 305 g/mol. The topological polar surface area (TPSA) is 54.0 Å². The minimum atomic E-state index is -0.107. The van der Waals surface area contributed by atoms with Gasteiger partial charge in [-0.05, 0) is 30.8 Å². The van der Waals surface area contributed by atoms with Crippen molar-refractivity contribution < 1.29 is 14.3 Å². The number of piperazine rings is 1. The second-order valence-electron chi connectivity index (χ2n) is 5.22. The third-order valence-electron chi connectivity index (χ3n) is 3.42. The molecule has 1 aromatic carbocycles. The van der Waals surface area contributed by atoms with E-state index < -0.39 is 0 Å². The van der Waals surface area contributed by atoms with E-state index in [0.717, 1.165) is 37.5 Å². The van der Waals surface area contributed by atoms with Gasteiger partial charge in [0.05, 0.1) is 0 Å². The number of carbonyl (C=O) groups is 1. The van der Waals surface area contributed by atoms with Gasteiger partial charge < -0.3 is 14.4 Å². The summed E-state index contributed by atoms with van der Waals surface area (Å²) in [5.74, 6) is 0.630. The van der Waals surface area contributed by atoms with Crippen molar-refractivity contribution in [2.24, 2.45) is 0 Å². The number of benzene rings is 1. The number of amides is 1. The van der Waals surface area contributed by atoms with Gasteiger partial charge in [-0.3, -0.25) is 10.2 Å². The summed E-state index contributed by atoms with van der Waals surface area (Å²) in [6.07, 6.45) is 3.33. The van der Waals surface area contributed by atoms with Gasteiger partial charge in [0.1, 0.15) is 5.75 Å². The van der Waals surface area contributed by atoms with Crippen LogP contribution in [0.2, 0.25) is 0 Å². The maximum Gasteiger partial charge on any atom is 0.258 e. The van der Waals surface area contributed by atoms with E-state index in [1.54, 1.807) is 19.3 Å². The number of nitrogens with one attached hydrogen (secondary N) is 1. The molecule has 6 nitrogen and oxygen atoms in total. The van der Waals surface area contributed by atoms with Crippen molar-refractivity contribution in [2.75, 3.05) is 47.1 Å². The predicted molar refractivity (Wildman–Crippen MR) is 85.2 cm³/mol. The molecular weight excluding hydrogens is 282 g/mol. The summed E-state index contributed by atoms with van der Waals surface area (Å²) < 4.78 is 10.1. The van der Waals surface area contributed by atoms with E-state index >= 15 is 0 Å². The first-order valence-electron chi connectivity index (χ1n) is 7.31. The van der Waals surface area contributed by atoms with Gasteiger partial charge in [-0.2, -0.15) is 0 Å². The van der Waals surface area contributed by atoms with Crippen LogP contribution in [0, 0.1) is 0 Å². The van der Waals surface area contributed by atoms with Gasteiger partial charge in [0.25, 0.3) is 5.91 Å². The highest BCUT2D eigenvalue weighted by Crippen LogP contribution is 2.13. The van der Waals surface area contributed by atoms with Gasteiger partial charge in [-0.25, -0.2) is 5.01 Å². The first-order chi connectivity index (χ1) is 10.7. The molecule has 120 valence electrons. The van der Waals surface area contributed by atoms with Crippen molar-refractivity contribution in [2.45, 2.75) is 0 Å². The second kappa shape index (κ2) is 8.53. The summed E-state index contributed by atoms with van der Waals surface area (Å²) in [6.45, 7) is 3.85. The molecular formula is C16H23N3O3. The molecule has 22 heavy (non-hydrogen) atoms. The van der Waals surface area contributed by atoms with Gasteiger partial charge in [-0.15, -0.1) is 0 Å². The summed E-state index contributed by atoms with van der Waals surface area (Å²) >= 11 is 0. The van der Waals surface area contributed by atoms with Crippen LogP contribution in [-0.2, 0) is 9.53 Å². The molecule has 0 aliphatic carbocycles. The molecule has 0 spiro atoms. The minimum absolute atomic E-state index is 0.107. The fourth-order valence-electron chi connectivity index (χ4n) is 2.09. The SMILES string of the molecule is COCOc1ccc(/C=C/C(=O)NN2CCN(C)CC2)cc1. The zero-order valence-electron chi connectivity index (χ0n) is 13.1. The number of carbonyl (C=O) groups excluding carboxylic acids is 1. The van der Waals surface area contributed by atoms with Crippen LogP contribution in [0.4, 0.5) is 0 Å². The standard InChI is InChI=1S/C16H23N3O3/c1-18-9-11-19(12-10-18)17-16(20)8-5-14-3-6-15(7-4-14)22-13-21-2/h3-8H,9-13H2,1-2H3,(H,17,20)/b8-5+. The lowest BCUT2D eigenvalue weighted by Gasteiger charge is -2.31. The highest BCUT2D eigenvalue weighted by molar-refractivity contribution is 5.91. The van der Waals surface area contributed by atoms with Crippen LogP contribution in [0.25, 0.3) is 6.08 Å². The average Bonchev–Trinajstić information content (AvgIpc) is 2.54. The number of likely N-dealkylation sites (N-methyl/N-ethyl adjacent to an activating group) is 1.